The summed E-state index contributed by atoms with van der Waals surface area (Å²) in [6.45, 7) is 1.12. The molecule has 7 nitrogen and oxygen atoms in total. The van der Waals surface area contributed by atoms with Crippen molar-refractivity contribution >= 4 is 5.82 Å². The highest BCUT2D eigenvalue weighted by atomic mass is 19.4. The van der Waals surface area contributed by atoms with Gasteiger partial charge in [-0.3, -0.25) is 4.57 Å². The van der Waals surface area contributed by atoms with E-state index in [9.17, 15) is 23.3 Å². The van der Waals surface area contributed by atoms with Crippen molar-refractivity contribution in [3.63, 3.8) is 0 Å². The summed E-state index contributed by atoms with van der Waals surface area (Å²) in [6.07, 6.45) is -1.95. The molecule has 1 aromatic carbocycles. The molecule has 0 radical (unpaired) electrons. The highest BCUT2D eigenvalue weighted by Gasteiger charge is 2.30. The Kier molecular flexibility index (Phi) is 5.12. The highest BCUT2D eigenvalue weighted by Crippen LogP contribution is 2.29. The number of nitro groups is 1. The minimum atomic E-state index is -4.35. The molecule has 2 heterocycles. The Hall–Kier alpha value is -2.62. The molecule has 0 spiro atoms. The largest absolute Gasteiger partial charge is 0.442 e. The summed E-state index contributed by atoms with van der Waals surface area (Å²) in [4.78, 5) is 14.0. The molecule has 1 aromatic heterocycles. The van der Waals surface area contributed by atoms with Crippen molar-refractivity contribution in [2.75, 3.05) is 6.61 Å². The van der Waals surface area contributed by atoms with Gasteiger partial charge < -0.3 is 19.6 Å². The average Bonchev–Trinajstić information content (AvgIpc) is 3.02. The van der Waals surface area contributed by atoms with Gasteiger partial charge in [0.15, 0.2) is 0 Å². The number of aryl methyl sites for hydroxylation is 1. The summed E-state index contributed by atoms with van der Waals surface area (Å²) in [7, 11) is 0. The predicted octanol–water partition coefficient (Wildman–Crippen LogP) is 3.57. The molecule has 2 aromatic rings. The highest BCUT2D eigenvalue weighted by molar-refractivity contribution is 5.24. The van der Waals surface area contributed by atoms with E-state index in [4.69, 9.17) is 9.47 Å². The Morgan fingerprint density at radius 2 is 2.08 bits per heavy atom. The van der Waals surface area contributed by atoms with Crippen LogP contribution in [0.15, 0.2) is 30.5 Å². The smallest absolute Gasteiger partial charge is 0.416 e. The SMILES string of the molecule is O=[N+]([O-])c1cn2c(n1)O[C@@H](CCOCc1ccc(C(F)(F)F)cc1)CC2. The van der Waals surface area contributed by atoms with Crippen molar-refractivity contribution in [1.82, 2.24) is 9.55 Å². The molecule has 0 saturated carbocycles. The number of benzene rings is 1. The summed E-state index contributed by atoms with van der Waals surface area (Å²) in [6, 6.07) is 5.03. The van der Waals surface area contributed by atoms with Gasteiger partial charge in [-0.15, -0.1) is 0 Å². The fraction of sp³-hybridized carbons (Fsp3) is 0.438. The Morgan fingerprint density at radius 1 is 1.35 bits per heavy atom. The van der Waals surface area contributed by atoms with E-state index in [2.05, 4.69) is 4.98 Å². The van der Waals surface area contributed by atoms with Crippen molar-refractivity contribution in [2.24, 2.45) is 0 Å². The third-order valence-corrected chi connectivity index (χ3v) is 4.01. The van der Waals surface area contributed by atoms with E-state index in [0.29, 0.717) is 31.6 Å². The molecule has 1 aliphatic rings. The van der Waals surface area contributed by atoms with Crippen LogP contribution in [0.1, 0.15) is 24.0 Å². The minimum absolute atomic E-state index is 0.169. The maximum atomic E-state index is 12.5. The van der Waals surface area contributed by atoms with Crippen LogP contribution in [0.5, 0.6) is 6.01 Å². The van der Waals surface area contributed by atoms with Crippen LogP contribution >= 0.6 is 0 Å². The topological polar surface area (TPSA) is 79.4 Å². The number of hydrogen-bond acceptors (Lipinski definition) is 5. The first-order valence-electron chi connectivity index (χ1n) is 7.95. The molecule has 0 bridgehead atoms. The monoisotopic (exact) mass is 371 g/mol. The first kappa shape index (κ1) is 18.2. The van der Waals surface area contributed by atoms with Crippen LogP contribution in [0.25, 0.3) is 0 Å². The third-order valence-electron chi connectivity index (χ3n) is 4.01. The molecule has 0 N–H and O–H groups in total. The number of aromatic nitrogens is 2. The molecule has 0 unspecified atom stereocenters. The fourth-order valence-electron chi connectivity index (χ4n) is 2.62. The average molecular weight is 371 g/mol. The Morgan fingerprint density at radius 3 is 2.73 bits per heavy atom. The second-order valence-electron chi connectivity index (χ2n) is 5.90. The number of imidazole rings is 1. The lowest BCUT2D eigenvalue weighted by Gasteiger charge is -2.21. The maximum Gasteiger partial charge on any atom is 0.416 e. The van der Waals surface area contributed by atoms with E-state index >= 15 is 0 Å². The van der Waals surface area contributed by atoms with Gasteiger partial charge in [-0.25, -0.2) is 0 Å². The lowest BCUT2D eigenvalue weighted by Crippen LogP contribution is -2.27. The number of halogens is 3. The second kappa shape index (κ2) is 7.32. The summed E-state index contributed by atoms with van der Waals surface area (Å²) in [5.41, 5.74) is -0.0461. The fourth-order valence-corrected chi connectivity index (χ4v) is 2.62. The number of alkyl halides is 3. The Bertz CT molecular complexity index is 774. The summed E-state index contributed by atoms with van der Waals surface area (Å²) >= 11 is 0. The van der Waals surface area contributed by atoms with Crippen LogP contribution in [0.4, 0.5) is 19.0 Å². The van der Waals surface area contributed by atoms with Gasteiger partial charge in [-0.05, 0) is 22.6 Å². The number of rotatable bonds is 6. The van der Waals surface area contributed by atoms with Gasteiger partial charge in [0.2, 0.25) is 0 Å². The normalized spacial score (nSPS) is 16.8. The molecule has 26 heavy (non-hydrogen) atoms. The van der Waals surface area contributed by atoms with Crippen LogP contribution in [0.2, 0.25) is 0 Å². The van der Waals surface area contributed by atoms with Gasteiger partial charge in [-0.1, -0.05) is 12.1 Å². The van der Waals surface area contributed by atoms with Crippen LogP contribution in [0, 0.1) is 10.1 Å². The van der Waals surface area contributed by atoms with Gasteiger partial charge >= 0.3 is 18.0 Å². The van der Waals surface area contributed by atoms with Crippen molar-refractivity contribution < 1.29 is 27.6 Å². The number of ether oxygens (including phenoxy) is 2. The summed E-state index contributed by atoms with van der Waals surface area (Å²) in [5.74, 6) is -0.251. The van der Waals surface area contributed by atoms with E-state index in [1.165, 1.54) is 18.3 Å². The summed E-state index contributed by atoms with van der Waals surface area (Å²) < 4.78 is 50.2. The maximum absolute atomic E-state index is 12.5. The molecule has 0 aliphatic carbocycles. The molecule has 1 atom stereocenters. The van der Waals surface area contributed by atoms with Crippen LogP contribution in [-0.2, 0) is 24.1 Å². The molecule has 0 saturated heterocycles. The molecule has 1 aliphatic heterocycles. The van der Waals surface area contributed by atoms with E-state index < -0.39 is 16.7 Å². The van der Waals surface area contributed by atoms with Gasteiger partial charge in [0.25, 0.3) is 0 Å². The van der Waals surface area contributed by atoms with Crippen molar-refractivity contribution in [2.45, 2.75) is 38.3 Å². The van der Waals surface area contributed by atoms with Gasteiger partial charge in [-0.2, -0.15) is 13.2 Å². The predicted molar refractivity (Wildman–Crippen MR) is 83.6 cm³/mol. The first-order chi connectivity index (χ1) is 12.3. The molecule has 3 rings (SSSR count). The first-order valence-corrected chi connectivity index (χ1v) is 7.95. The molecular weight excluding hydrogens is 355 g/mol. The van der Waals surface area contributed by atoms with Crippen LogP contribution in [0.3, 0.4) is 0 Å². The zero-order valence-electron chi connectivity index (χ0n) is 13.6. The van der Waals surface area contributed by atoms with Gasteiger partial charge in [0.1, 0.15) is 12.3 Å². The minimum Gasteiger partial charge on any atom is -0.442 e. The number of hydrogen-bond donors (Lipinski definition) is 0. The molecule has 0 amide bonds. The molecule has 0 fully saturated rings. The zero-order chi connectivity index (χ0) is 18.7. The standard InChI is InChI=1S/C16H16F3N3O4/c17-16(18,19)12-3-1-11(2-4-12)10-25-8-6-13-5-7-21-9-14(22(23)24)20-15(21)26-13/h1-4,9,13H,5-8,10H2/t13-/m1/s1. The Labute approximate surface area is 146 Å². The van der Waals surface area contributed by atoms with E-state index in [-0.39, 0.29) is 24.5 Å². The van der Waals surface area contributed by atoms with Crippen LogP contribution in [-0.4, -0.2) is 27.2 Å². The third kappa shape index (κ3) is 4.31. The number of nitrogens with zero attached hydrogens (tertiary/aromatic N) is 3. The zero-order valence-corrected chi connectivity index (χ0v) is 13.6. The van der Waals surface area contributed by atoms with Crippen molar-refractivity contribution in [3.8, 4) is 6.01 Å². The van der Waals surface area contributed by atoms with Crippen LogP contribution < -0.4 is 4.74 Å². The number of fused-ring (bicyclic) bond motifs is 1. The lowest BCUT2D eigenvalue weighted by atomic mass is 10.1. The summed E-state index contributed by atoms with van der Waals surface area (Å²) in [5, 5.41) is 10.7. The van der Waals surface area contributed by atoms with E-state index in [0.717, 1.165) is 12.1 Å². The van der Waals surface area contributed by atoms with Crippen molar-refractivity contribution in [3.05, 3.63) is 51.7 Å². The van der Waals surface area contributed by atoms with E-state index in [1.807, 2.05) is 0 Å². The quantitative estimate of drug-likeness (QED) is 0.441. The molecule has 10 heteroatoms. The second-order valence-corrected chi connectivity index (χ2v) is 5.90. The van der Waals surface area contributed by atoms with Crippen molar-refractivity contribution in [1.29, 1.82) is 0 Å². The molecular formula is C16H16F3N3O4. The van der Waals surface area contributed by atoms with E-state index in [1.54, 1.807) is 4.57 Å². The van der Waals surface area contributed by atoms with Gasteiger partial charge in [0, 0.05) is 24.4 Å². The Balaban J connectivity index is 1.43. The molecule has 140 valence electrons. The van der Waals surface area contributed by atoms with Gasteiger partial charge in [0.05, 0.1) is 18.8 Å². The lowest BCUT2D eigenvalue weighted by molar-refractivity contribution is -0.389.